The van der Waals surface area contributed by atoms with Crippen molar-refractivity contribution in [2.75, 3.05) is 6.61 Å². The lowest BCUT2D eigenvalue weighted by Gasteiger charge is -2.13. The Balaban J connectivity index is 2.67. The van der Waals surface area contributed by atoms with Crippen molar-refractivity contribution in [1.82, 2.24) is 0 Å². The van der Waals surface area contributed by atoms with Crippen molar-refractivity contribution in [3.8, 4) is 0 Å². The largest absolute Gasteiger partial charge is 0.477 e. The van der Waals surface area contributed by atoms with E-state index in [-0.39, 0.29) is 10.9 Å². The van der Waals surface area contributed by atoms with Crippen LogP contribution >= 0.6 is 11.6 Å². The van der Waals surface area contributed by atoms with Crippen molar-refractivity contribution in [3.05, 3.63) is 0 Å². The Morgan fingerprint density at radius 3 is 2.73 bits per heavy atom. The monoisotopic (exact) mass is 175 g/mol. The zero-order chi connectivity index (χ0) is 8.48. The van der Waals surface area contributed by atoms with Gasteiger partial charge in [0.2, 0.25) is 5.90 Å². The lowest BCUT2D eigenvalue weighted by molar-refractivity contribution is 0.259. The van der Waals surface area contributed by atoms with Crippen molar-refractivity contribution in [2.24, 2.45) is 4.99 Å². The van der Waals surface area contributed by atoms with Gasteiger partial charge in [-0.05, 0) is 20.3 Å². The van der Waals surface area contributed by atoms with Crippen molar-refractivity contribution < 1.29 is 4.74 Å². The minimum absolute atomic E-state index is 0.0293. The molecule has 0 spiro atoms. The number of nitrogens with zero attached hydrogens (tertiary/aromatic N) is 1. The molecule has 0 aromatic heterocycles. The molecular weight excluding hydrogens is 162 g/mol. The molecular formula is C8H14ClNO. The minimum Gasteiger partial charge on any atom is -0.477 e. The number of hydrogen-bond acceptors (Lipinski definition) is 2. The van der Waals surface area contributed by atoms with Crippen LogP contribution in [-0.4, -0.2) is 23.4 Å². The highest BCUT2D eigenvalue weighted by Crippen LogP contribution is 2.23. The molecule has 0 amide bonds. The summed E-state index contributed by atoms with van der Waals surface area (Å²) in [5.41, 5.74) is -0.0293. The first kappa shape index (κ1) is 8.85. The molecule has 0 bridgehead atoms. The van der Waals surface area contributed by atoms with Gasteiger partial charge in [-0.2, -0.15) is 0 Å². The van der Waals surface area contributed by atoms with Crippen LogP contribution in [0.4, 0.5) is 0 Å². The van der Waals surface area contributed by atoms with E-state index in [1.807, 2.05) is 6.92 Å². The molecule has 1 aliphatic rings. The average Bonchev–Trinajstić information content (AvgIpc) is 2.33. The van der Waals surface area contributed by atoms with E-state index in [9.17, 15) is 0 Å². The van der Waals surface area contributed by atoms with E-state index in [0.29, 0.717) is 12.5 Å². The van der Waals surface area contributed by atoms with Gasteiger partial charge in [0.1, 0.15) is 12.0 Å². The molecule has 2 nitrogen and oxygen atoms in total. The summed E-state index contributed by atoms with van der Waals surface area (Å²) in [5.74, 6) is 0.691. The maximum Gasteiger partial charge on any atom is 0.202 e. The molecule has 1 heterocycles. The van der Waals surface area contributed by atoms with Crippen LogP contribution < -0.4 is 0 Å². The molecule has 64 valence electrons. The third kappa shape index (κ3) is 1.86. The molecule has 0 saturated heterocycles. The zero-order valence-corrected chi connectivity index (χ0v) is 7.98. The summed E-state index contributed by atoms with van der Waals surface area (Å²) in [6.07, 6.45) is 1.00. The van der Waals surface area contributed by atoms with E-state index < -0.39 is 0 Å². The topological polar surface area (TPSA) is 21.6 Å². The molecule has 11 heavy (non-hydrogen) atoms. The smallest absolute Gasteiger partial charge is 0.202 e. The molecule has 0 N–H and O–H groups in total. The van der Waals surface area contributed by atoms with Gasteiger partial charge in [-0.3, -0.25) is 0 Å². The highest BCUT2D eigenvalue weighted by Gasteiger charge is 2.31. The van der Waals surface area contributed by atoms with Gasteiger partial charge in [0, 0.05) is 0 Å². The van der Waals surface area contributed by atoms with Crippen LogP contribution in [0.3, 0.4) is 0 Å². The van der Waals surface area contributed by atoms with Gasteiger partial charge in [-0.15, -0.1) is 11.6 Å². The number of ether oxygens (including phenoxy) is 1. The summed E-state index contributed by atoms with van der Waals surface area (Å²) < 4.78 is 5.34. The molecule has 0 aliphatic carbocycles. The van der Waals surface area contributed by atoms with Gasteiger partial charge in [-0.1, -0.05) is 6.92 Å². The summed E-state index contributed by atoms with van der Waals surface area (Å²) in [4.78, 5) is 4.40. The van der Waals surface area contributed by atoms with E-state index in [0.717, 1.165) is 6.42 Å². The highest BCUT2D eigenvalue weighted by atomic mass is 35.5. The van der Waals surface area contributed by atoms with Crippen molar-refractivity contribution in [2.45, 2.75) is 38.1 Å². The van der Waals surface area contributed by atoms with Crippen LogP contribution in [0.15, 0.2) is 4.99 Å². The maximum atomic E-state index is 5.81. The van der Waals surface area contributed by atoms with Gasteiger partial charge in [-0.25, -0.2) is 4.99 Å². The molecule has 0 radical (unpaired) electrons. The normalized spacial score (nSPS) is 32.9. The molecule has 0 fully saturated rings. The summed E-state index contributed by atoms with van der Waals surface area (Å²) >= 11 is 5.81. The Morgan fingerprint density at radius 2 is 2.45 bits per heavy atom. The Labute approximate surface area is 72.6 Å². The predicted octanol–water partition coefficient (Wildman–Crippen LogP) is 2.21. The third-order valence-electron chi connectivity index (χ3n) is 2.01. The SMILES string of the molecule is CCC1(C)COC(C(C)Cl)=N1. The number of aliphatic imine (C=N–C) groups is 1. The van der Waals surface area contributed by atoms with Crippen LogP contribution in [0.1, 0.15) is 27.2 Å². The second kappa shape index (κ2) is 3.02. The second-order valence-electron chi connectivity index (χ2n) is 3.21. The van der Waals surface area contributed by atoms with Crippen molar-refractivity contribution in [3.63, 3.8) is 0 Å². The van der Waals surface area contributed by atoms with E-state index in [1.165, 1.54) is 0 Å². The highest BCUT2D eigenvalue weighted by molar-refractivity contribution is 6.30. The molecule has 0 aromatic carbocycles. The van der Waals surface area contributed by atoms with Gasteiger partial charge >= 0.3 is 0 Å². The molecule has 2 atom stereocenters. The van der Waals surface area contributed by atoms with Crippen LogP contribution in [0.5, 0.6) is 0 Å². The van der Waals surface area contributed by atoms with Crippen LogP contribution in [0.2, 0.25) is 0 Å². The lowest BCUT2D eigenvalue weighted by Crippen LogP contribution is -2.21. The third-order valence-corrected chi connectivity index (χ3v) is 2.20. The average molecular weight is 176 g/mol. The predicted molar refractivity (Wildman–Crippen MR) is 47.4 cm³/mol. The van der Waals surface area contributed by atoms with E-state index >= 15 is 0 Å². The number of alkyl halides is 1. The fourth-order valence-electron chi connectivity index (χ4n) is 0.945. The summed E-state index contributed by atoms with van der Waals surface area (Å²) in [6, 6.07) is 0. The maximum absolute atomic E-state index is 5.81. The molecule has 1 aliphatic heterocycles. The first-order valence-corrected chi connectivity index (χ1v) is 4.37. The molecule has 0 saturated carbocycles. The quantitative estimate of drug-likeness (QED) is 0.590. The Bertz CT molecular complexity index is 179. The number of hydrogen-bond donors (Lipinski definition) is 0. The van der Waals surface area contributed by atoms with E-state index in [2.05, 4.69) is 18.8 Å². The Morgan fingerprint density at radius 1 is 1.82 bits per heavy atom. The molecule has 1 rings (SSSR count). The first-order valence-electron chi connectivity index (χ1n) is 3.94. The molecule has 3 heteroatoms. The lowest BCUT2D eigenvalue weighted by atomic mass is 10.0. The van der Waals surface area contributed by atoms with Crippen LogP contribution in [0, 0.1) is 0 Å². The van der Waals surface area contributed by atoms with E-state index in [1.54, 1.807) is 0 Å². The summed E-state index contributed by atoms with van der Waals surface area (Å²) in [5, 5.41) is -0.0941. The van der Waals surface area contributed by atoms with Crippen molar-refractivity contribution in [1.29, 1.82) is 0 Å². The minimum atomic E-state index is -0.0941. The zero-order valence-electron chi connectivity index (χ0n) is 7.22. The standard InChI is InChI=1S/C8H14ClNO/c1-4-8(3)5-11-7(10-8)6(2)9/h6H,4-5H2,1-3H3. The van der Waals surface area contributed by atoms with Gasteiger partial charge in [0.05, 0.1) is 5.54 Å². The number of rotatable bonds is 2. The number of halogens is 1. The van der Waals surface area contributed by atoms with Gasteiger partial charge < -0.3 is 4.74 Å². The molecule has 2 unspecified atom stereocenters. The fraction of sp³-hybridized carbons (Fsp3) is 0.875. The fourth-order valence-corrected chi connectivity index (χ4v) is 1.06. The summed E-state index contributed by atoms with van der Waals surface area (Å²) in [6.45, 7) is 6.74. The summed E-state index contributed by atoms with van der Waals surface area (Å²) in [7, 11) is 0. The van der Waals surface area contributed by atoms with E-state index in [4.69, 9.17) is 16.3 Å². The van der Waals surface area contributed by atoms with Crippen LogP contribution in [0.25, 0.3) is 0 Å². The van der Waals surface area contributed by atoms with Gasteiger partial charge in [0.25, 0.3) is 0 Å². The second-order valence-corrected chi connectivity index (χ2v) is 3.86. The van der Waals surface area contributed by atoms with Crippen LogP contribution in [-0.2, 0) is 4.74 Å². The Hall–Kier alpha value is -0.240. The molecule has 0 aromatic rings. The Kier molecular flexibility index (Phi) is 2.43. The van der Waals surface area contributed by atoms with Crippen molar-refractivity contribution >= 4 is 17.5 Å². The first-order chi connectivity index (χ1) is 5.07. The van der Waals surface area contributed by atoms with Gasteiger partial charge in [0.15, 0.2) is 0 Å².